The van der Waals surface area contributed by atoms with E-state index in [-0.39, 0.29) is 11.9 Å². The van der Waals surface area contributed by atoms with Crippen LogP contribution in [-0.2, 0) is 4.79 Å². The molecule has 0 radical (unpaired) electrons. The van der Waals surface area contributed by atoms with Crippen molar-refractivity contribution in [2.45, 2.75) is 12.5 Å². The normalized spacial score (nSPS) is 21.3. The van der Waals surface area contributed by atoms with Gasteiger partial charge in [-0.05, 0) is 24.6 Å². The first kappa shape index (κ1) is 13.4. The van der Waals surface area contributed by atoms with Crippen LogP contribution in [0.3, 0.4) is 0 Å². The number of carbonyl (C=O) groups excluding carboxylic acids is 1. The number of hydrogen-bond acceptors (Lipinski definition) is 3. The molecule has 6 heteroatoms. The minimum atomic E-state index is -0.889. The predicted octanol–water partition coefficient (Wildman–Crippen LogP) is 1.68. The highest BCUT2D eigenvalue weighted by molar-refractivity contribution is 6.31. The Morgan fingerprint density at radius 2 is 2.05 bits per heavy atom. The molecule has 0 spiro atoms. The van der Waals surface area contributed by atoms with Gasteiger partial charge in [0.1, 0.15) is 0 Å². The molecule has 1 aliphatic carbocycles. The average Bonchev–Trinajstić information content (AvgIpc) is 2.76. The molecule has 2 rings (SSSR count). The lowest BCUT2D eigenvalue weighted by molar-refractivity contribution is -0.140. The van der Waals surface area contributed by atoms with E-state index in [1.54, 1.807) is 18.2 Å². The van der Waals surface area contributed by atoms with Gasteiger partial charge in [-0.3, -0.25) is 9.59 Å². The fourth-order valence-electron chi connectivity index (χ4n) is 1.98. The number of nitrogen functional groups attached to an aromatic ring is 1. The molecule has 1 aliphatic rings. The van der Waals surface area contributed by atoms with E-state index in [1.807, 2.05) is 0 Å². The molecule has 1 aromatic rings. The molecule has 0 aromatic heterocycles. The van der Waals surface area contributed by atoms with Crippen LogP contribution in [0.1, 0.15) is 16.8 Å². The van der Waals surface area contributed by atoms with Crippen LogP contribution in [0.25, 0.3) is 0 Å². The Morgan fingerprint density at radius 3 is 2.63 bits per heavy atom. The fourth-order valence-corrected chi connectivity index (χ4v) is 2.23. The second kappa shape index (κ2) is 5.32. The van der Waals surface area contributed by atoms with Crippen molar-refractivity contribution in [2.75, 3.05) is 5.73 Å². The van der Waals surface area contributed by atoms with Gasteiger partial charge in [0.25, 0.3) is 5.91 Å². The molecule has 19 heavy (non-hydrogen) atoms. The third-order valence-corrected chi connectivity index (χ3v) is 3.12. The molecule has 1 aromatic carbocycles. The predicted molar refractivity (Wildman–Crippen MR) is 72.0 cm³/mol. The van der Waals surface area contributed by atoms with Crippen LogP contribution in [0.15, 0.2) is 30.4 Å². The van der Waals surface area contributed by atoms with Crippen LogP contribution in [0.2, 0.25) is 5.02 Å². The lowest BCUT2D eigenvalue weighted by Crippen LogP contribution is -2.33. The second-order valence-electron chi connectivity index (χ2n) is 4.42. The van der Waals surface area contributed by atoms with Crippen molar-refractivity contribution in [1.82, 2.24) is 5.32 Å². The number of hydrogen-bond donors (Lipinski definition) is 3. The van der Waals surface area contributed by atoms with Crippen LogP contribution < -0.4 is 11.1 Å². The number of nitrogens with one attached hydrogen (secondary N) is 1. The van der Waals surface area contributed by atoms with Crippen molar-refractivity contribution in [1.29, 1.82) is 0 Å². The van der Waals surface area contributed by atoms with E-state index in [0.717, 1.165) is 0 Å². The number of carboxylic acids is 1. The number of amides is 1. The van der Waals surface area contributed by atoms with Gasteiger partial charge in [0, 0.05) is 22.3 Å². The quantitative estimate of drug-likeness (QED) is 0.580. The molecule has 0 saturated heterocycles. The van der Waals surface area contributed by atoms with Gasteiger partial charge < -0.3 is 16.2 Å². The highest BCUT2D eigenvalue weighted by atomic mass is 35.5. The Morgan fingerprint density at radius 1 is 1.32 bits per heavy atom. The number of rotatable bonds is 3. The summed E-state index contributed by atoms with van der Waals surface area (Å²) in [5.41, 5.74) is 6.38. The summed E-state index contributed by atoms with van der Waals surface area (Å²) in [5, 5.41) is 12.0. The van der Waals surface area contributed by atoms with Crippen molar-refractivity contribution in [3.8, 4) is 0 Å². The first-order valence-electron chi connectivity index (χ1n) is 5.74. The number of nitrogens with two attached hydrogens (primary N) is 1. The van der Waals surface area contributed by atoms with Gasteiger partial charge in [0.2, 0.25) is 0 Å². The van der Waals surface area contributed by atoms with Crippen LogP contribution in [0.5, 0.6) is 0 Å². The molecule has 0 heterocycles. The van der Waals surface area contributed by atoms with Gasteiger partial charge in [-0.2, -0.15) is 0 Å². The van der Waals surface area contributed by atoms with E-state index in [4.69, 9.17) is 22.4 Å². The van der Waals surface area contributed by atoms with Gasteiger partial charge in [0.15, 0.2) is 0 Å². The lowest BCUT2D eigenvalue weighted by Gasteiger charge is -2.12. The van der Waals surface area contributed by atoms with E-state index >= 15 is 0 Å². The highest BCUT2D eigenvalue weighted by Crippen LogP contribution is 2.20. The monoisotopic (exact) mass is 280 g/mol. The first-order valence-corrected chi connectivity index (χ1v) is 6.11. The summed E-state index contributed by atoms with van der Waals surface area (Å²) in [4.78, 5) is 22.8. The summed E-state index contributed by atoms with van der Waals surface area (Å²) in [6.45, 7) is 0. The summed E-state index contributed by atoms with van der Waals surface area (Å²) in [6.07, 6.45) is 3.63. The van der Waals surface area contributed by atoms with Gasteiger partial charge in [-0.25, -0.2) is 0 Å². The maximum atomic E-state index is 12.0. The Labute approximate surface area is 115 Å². The summed E-state index contributed by atoms with van der Waals surface area (Å²) >= 11 is 5.82. The van der Waals surface area contributed by atoms with E-state index < -0.39 is 11.9 Å². The van der Waals surface area contributed by atoms with Gasteiger partial charge >= 0.3 is 5.97 Å². The van der Waals surface area contributed by atoms with Crippen LogP contribution >= 0.6 is 11.6 Å². The Bertz CT molecular complexity index is 537. The molecule has 0 fully saturated rings. The first-order chi connectivity index (χ1) is 8.95. The molecule has 0 bridgehead atoms. The highest BCUT2D eigenvalue weighted by Gasteiger charge is 2.25. The van der Waals surface area contributed by atoms with E-state index in [2.05, 4.69) is 5.32 Å². The van der Waals surface area contributed by atoms with Crippen molar-refractivity contribution in [3.05, 3.63) is 40.9 Å². The number of carbonyl (C=O) groups is 2. The number of anilines is 1. The molecule has 2 unspecified atom stereocenters. The molecular formula is C13H13ClN2O3. The summed E-state index contributed by atoms with van der Waals surface area (Å²) in [6, 6.07) is 4.30. The number of aliphatic carboxylic acids is 1. The summed E-state index contributed by atoms with van der Waals surface area (Å²) < 4.78 is 0. The van der Waals surface area contributed by atoms with E-state index in [0.29, 0.717) is 22.7 Å². The zero-order valence-corrected chi connectivity index (χ0v) is 10.7. The molecule has 4 N–H and O–H groups in total. The zero-order valence-electron chi connectivity index (χ0n) is 9.97. The maximum absolute atomic E-state index is 12.0. The Kier molecular flexibility index (Phi) is 3.76. The summed E-state index contributed by atoms with van der Waals surface area (Å²) in [5.74, 6) is -1.76. The minimum Gasteiger partial charge on any atom is -0.481 e. The third-order valence-electron chi connectivity index (χ3n) is 2.90. The maximum Gasteiger partial charge on any atom is 0.310 e. The molecule has 0 saturated carbocycles. The van der Waals surface area contributed by atoms with Crippen molar-refractivity contribution in [3.63, 3.8) is 0 Å². The molecule has 2 atom stereocenters. The molecule has 5 nitrogen and oxygen atoms in total. The number of halogens is 1. The second-order valence-corrected chi connectivity index (χ2v) is 4.85. The van der Waals surface area contributed by atoms with Crippen molar-refractivity contribution >= 4 is 29.2 Å². The molecule has 0 aliphatic heterocycles. The van der Waals surface area contributed by atoms with Gasteiger partial charge in [0.05, 0.1) is 5.92 Å². The number of carboxylic acid groups (broad SMARTS) is 1. The SMILES string of the molecule is Nc1cc(Cl)cc(C(=O)NC2C=CC(C(=O)O)C2)c1. The van der Waals surface area contributed by atoms with E-state index in [9.17, 15) is 9.59 Å². The largest absolute Gasteiger partial charge is 0.481 e. The van der Waals surface area contributed by atoms with Crippen LogP contribution in [0.4, 0.5) is 5.69 Å². The molecule has 100 valence electrons. The van der Waals surface area contributed by atoms with Gasteiger partial charge in [-0.15, -0.1) is 0 Å². The zero-order chi connectivity index (χ0) is 14.0. The number of benzene rings is 1. The topological polar surface area (TPSA) is 92.4 Å². The van der Waals surface area contributed by atoms with Crippen LogP contribution in [0, 0.1) is 5.92 Å². The van der Waals surface area contributed by atoms with E-state index in [1.165, 1.54) is 12.1 Å². The fraction of sp³-hybridized carbons (Fsp3) is 0.231. The average molecular weight is 281 g/mol. The Hall–Kier alpha value is -2.01. The third kappa shape index (κ3) is 3.26. The molecule has 1 amide bonds. The minimum absolute atomic E-state index is 0.284. The van der Waals surface area contributed by atoms with Crippen molar-refractivity contribution in [2.24, 2.45) is 5.92 Å². The lowest BCUT2D eigenvalue weighted by atomic mass is 10.1. The smallest absolute Gasteiger partial charge is 0.310 e. The summed E-state index contributed by atoms with van der Waals surface area (Å²) in [7, 11) is 0. The van der Waals surface area contributed by atoms with Crippen molar-refractivity contribution < 1.29 is 14.7 Å². The standard InChI is InChI=1S/C13H13ClN2O3/c14-9-3-8(4-10(15)6-9)12(17)16-11-2-1-7(5-11)13(18)19/h1-4,6-7,11H,5,15H2,(H,16,17)(H,18,19). The van der Waals surface area contributed by atoms with Crippen LogP contribution in [-0.4, -0.2) is 23.0 Å². The molecular weight excluding hydrogens is 268 g/mol. The Balaban J connectivity index is 2.02. The van der Waals surface area contributed by atoms with Gasteiger partial charge in [-0.1, -0.05) is 23.8 Å².